The van der Waals surface area contributed by atoms with Crippen molar-refractivity contribution in [2.24, 2.45) is 0 Å². The quantitative estimate of drug-likeness (QED) is 0.848. The molecule has 1 aromatic carbocycles. The molecule has 2 rings (SSSR count). The van der Waals surface area contributed by atoms with E-state index in [1.165, 1.54) is 12.1 Å². The SMILES string of the molecule is CC(C)(C)OCC(O)CN1CCCC(Nc2ccccc2)C1. The molecule has 0 aliphatic carbocycles. The predicted octanol–water partition coefficient (Wildman–Crippen LogP) is 2.74. The van der Waals surface area contributed by atoms with Crippen LogP contribution in [-0.4, -0.2) is 54.0 Å². The van der Waals surface area contributed by atoms with Crippen LogP contribution < -0.4 is 5.32 Å². The summed E-state index contributed by atoms with van der Waals surface area (Å²) in [5.41, 5.74) is 0.978. The molecule has 2 N–H and O–H groups in total. The van der Waals surface area contributed by atoms with Crippen LogP contribution >= 0.6 is 0 Å². The third-order valence-corrected chi connectivity index (χ3v) is 3.83. The zero-order valence-electron chi connectivity index (χ0n) is 14.1. The molecule has 1 heterocycles. The van der Waals surface area contributed by atoms with Crippen LogP contribution in [0.15, 0.2) is 30.3 Å². The van der Waals surface area contributed by atoms with Crippen molar-refractivity contribution >= 4 is 5.69 Å². The van der Waals surface area contributed by atoms with E-state index >= 15 is 0 Å². The molecule has 1 aromatic rings. The summed E-state index contributed by atoms with van der Waals surface area (Å²) in [6.45, 7) is 9.15. The maximum absolute atomic E-state index is 10.2. The van der Waals surface area contributed by atoms with Crippen LogP contribution in [0.25, 0.3) is 0 Å². The van der Waals surface area contributed by atoms with Crippen molar-refractivity contribution in [1.29, 1.82) is 0 Å². The van der Waals surface area contributed by atoms with Gasteiger partial charge in [-0.25, -0.2) is 0 Å². The van der Waals surface area contributed by atoms with Gasteiger partial charge in [0.1, 0.15) is 0 Å². The molecule has 1 saturated heterocycles. The second-order valence-electron chi connectivity index (χ2n) is 7.19. The molecule has 4 heteroatoms. The highest BCUT2D eigenvalue weighted by molar-refractivity contribution is 5.43. The number of nitrogens with one attached hydrogen (secondary N) is 1. The standard InChI is InChI=1S/C18H30N2O2/c1-18(2,3)22-14-17(21)13-20-11-7-10-16(12-20)19-15-8-5-4-6-9-15/h4-6,8-9,16-17,19,21H,7,10-14H2,1-3H3. The molecule has 0 saturated carbocycles. The summed E-state index contributed by atoms with van der Waals surface area (Å²) in [6.07, 6.45) is 1.92. The van der Waals surface area contributed by atoms with Gasteiger partial charge in [-0.2, -0.15) is 0 Å². The third-order valence-electron chi connectivity index (χ3n) is 3.83. The highest BCUT2D eigenvalue weighted by atomic mass is 16.5. The van der Waals surface area contributed by atoms with Gasteiger partial charge in [-0.05, 0) is 52.3 Å². The Balaban J connectivity index is 1.75. The van der Waals surface area contributed by atoms with Crippen LogP contribution in [0.2, 0.25) is 0 Å². The second kappa shape index (κ2) is 7.95. The first kappa shape index (κ1) is 17.3. The summed E-state index contributed by atoms with van der Waals surface area (Å²) in [4.78, 5) is 2.33. The lowest BCUT2D eigenvalue weighted by molar-refractivity contribution is -0.0572. The number of para-hydroxylation sites is 1. The largest absolute Gasteiger partial charge is 0.389 e. The summed E-state index contributed by atoms with van der Waals surface area (Å²) >= 11 is 0. The van der Waals surface area contributed by atoms with Gasteiger partial charge in [0.15, 0.2) is 0 Å². The van der Waals surface area contributed by atoms with Crippen molar-refractivity contribution in [1.82, 2.24) is 4.90 Å². The minimum atomic E-state index is -0.422. The van der Waals surface area contributed by atoms with Crippen LogP contribution in [0, 0.1) is 0 Å². The normalized spacial score (nSPS) is 21.5. The Hall–Kier alpha value is -1.10. The predicted molar refractivity (Wildman–Crippen MR) is 91.2 cm³/mol. The van der Waals surface area contributed by atoms with Gasteiger partial charge < -0.3 is 15.2 Å². The molecular weight excluding hydrogens is 276 g/mol. The first-order chi connectivity index (χ1) is 10.4. The van der Waals surface area contributed by atoms with E-state index in [0.29, 0.717) is 19.2 Å². The van der Waals surface area contributed by atoms with E-state index in [4.69, 9.17) is 4.74 Å². The average Bonchev–Trinajstić information content (AvgIpc) is 2.46. The minimum absolute atomic E-state index is 0.194. The number of benzene rings is 1. The van der Waals surface area contributed by atoms with E-state index in [9.17, 15) is 5.11 Å². The molecule has 0 amide bonds. The number of aliphatic hydroxyl groups is 1. The zero-order valence-corrected chi connectivity index (χ0v) is 14.1. The highest BCUT2D eigenvalue weighted by Crippen LogP contribution is 2.16. The zero-order chi connectivity index (χ0) is 16.0. The van der Waals surface area contributed by atoms with Crippen molar-refractivity contribution in [2.75, 3.05) is 31.6 Å². The molecule has 0 radical (unpaired) electrons. The Morgan fingerprint density at radius 1 is 1.32 bits per heavy atom. The van der Waals surface area contributed by atoms with E-state index < -0.39 is 6.10 Å². The first-order valence-electron chi connectivity index (χ1n) is 8.28. The van der Waals surface area contributed by atoms with Crippen LogP contribution in [0.3, 0.4) is 0 Å². The third kappa shape index (κ3) is 6.34. The van der Waals surface area contributed by atoms with Gasteiger partial charge in [0.2, 0.25) is 0 Å². The molecule has 1 aliphatic rings. The molecule has 0 bridgehead atoms. The number of hydrogen-bond acceptors (Lipinski definition) is 4. The van der Waals surface area contributed by atoms with Crippen LogP contribution in [-0.2, 0) is 4.74 Å². The number of piperidine rings is 1. The lowest BCUT2D eigenvalue weighted by Crippen LogP contribution is -2.46. The first-order valence-corrected chi connectivity index (χ1v) is 8.28. The molecule has 1 aliphatic heterocycles. The molecule has 2 atom stereocenters. The number of anilines is 1. The lowest BCUT2D eigenvalue weighted by atomic mass is 10.0. The minimum Gasteiger partial charge on any atom is -0.389 e. The Bertz CT molecular complexity index is 430. The number of hydrogen-bond donors (Lipinski definition) is 2. The van der Waals surface area contributed by atoms with Crippen LogP contribution in [0.5, 0.6) is 0 Å². The fraction of sp³-hybridized carbons (Fsp3) is 0.667. The molecule has 2 unspecified atom stereocenters. The monoisotopic (exact) mass is 306 g/mol. The number of likely N-dealkylation sites (tertiary alicyclic amines) is 1. The summed E-state index contributed by atoms with van der Waals surface area (Å²) in [5, 5.41) is 13.7. The van der Waals surface area contributed by atoms with E-state index in [2.05, 4.69) is 34.5 Å². The smallest absolute Gasteiger partial charge is 0.0900 e. The number of nitrogens with zero attached hydrogens (tertiary/aromatic N) is 1. The number of β-amino-alcohol motifs (C(OH)–C–C–N with tert-alkyl or cyclic N) is 1. The van der Waals surface area contributed by atoms with Crippen molar-refractivity contribution < 1.29 is 9.84 Å². The lowest BCUT2D eigenvalue weighted by Gasteiger charge is -2.35. The summed E-state index contributed by atoms with van der Waals surface area (Å²) in [6, 6.07) is 10.8. The molecule has 0 spiro atoms. The Morgan fingerprint density at radius 3 is 2.73 bits per heavy atom. The fourth-order valence-electron chi connectivity index (χ4n) is 2.81. The van der Waals surface area contributed by atoms with Gasteiger partial charge in [-0.3, -0.25) is 4.90 Å². The number of ether oxygens (including phenoxy) is 1. The molecule has 4 nitrogen and oxygen atoms in total. The topological polar surface area (TPSA) is 44.7 Å². The Kier molecular flexibility index (Phi) is 6.24. The van der Waals surface area contributed by atoms with Crippen molar-refractivity contribution in [3.8, 4) is 0 Å². The summed E-state index contributed by atoms with van der Waals surface area (Å²) in [5.74, 6) is 0. The van der Waals surface area contributed by atoms with Crippen LogP contribution in [0.4, 0.5) is 5.69 Å². The van der Waals surface area contributed by atoms with Gasteiger partial charge in [0, 0.05) is 24.8 Å². The summed E-state index contributed by atoms with van der Waals surface area (Å²) < 4.78 is 5.66. The van der Waals surface area contributed by atoms with Crippen LogP contribution in [0.1, 0.15) is 33.6 Å². The average molecular weight is 306 g/mol. The Morgan fingerprint density at radius 2 is 2.05 bits per heavy atom. The maximum Gasteiger partial charge on any atom is 0.0900 e. The van der Waals surface area contributed by atoms with E-state index in [1.807, 2.05) is 26.8 Å². The van der Waals surface area contributed by atoms with Crippen molar-refractivity contribution in [2.45, 2.75) is 51.4 Å². The summed E-state index contributed by atoms with van der Waals surface area (Å²) in [7, 11) is 0. The van der Waals surface area contributed by atoms with Gasteiger partial charge in [0.25, 0.3) is 0 Å². The number of aliphatic hydroxyl groups excluding tert-OH is 1. The fourth-order valence-corrected chi connectivity index (χ4v) is 2.81. The van der Waals surface area contributed by atoms with Crippen molar-refractivity contribution in [3.63, 3.8) is 0 Å². The molecule has 1 fully saturated rings. The van der Waals surface area contributed by atoms with Gasteiger partial charge in [-0.1, -0.05) is 18.2 Å². The maximum atomic E-state index is 10.2. The molecule has 0 aromatic heterocycles. The van der Waals surface area contributed by atoms with Gasteiger partial charge in [0.05, 0.1) is 18.3 Å². The van der Waals surface area contributed by atoms with E-state index in [0.717, 1.165) is 19.5 Å². The van der Waals surface area contributed by atoms with E-state index in [1.54, 1.807) is 0 Å². The van der Waals surface area contributed by atoms with Gasteiger partial charge in [-0.15, -0.1) is 0 Å². The molecule has 22 heavy (non-hydrogen) atoms. The molecular formula is C18H30N2O2. The molecule has 124 valence electrons. The Labute approximate surface area is 134 Å². The second-order valence-corrected chi connectivity index (χ2v) is 7.19. The number of rotatable bonds is 6. The van der Waals surface area contributed by atoms with Crippen molar-refractivity contribution in [3.05, 3.63) is 30.3 Å². The van der Waals surface area contributed by atoms with Gasteiger partial charge >= 0.3 is 0 Å². The van der Waals surface area contributed by atoms with E-state index in [-0.39, 0.29) is 5.60 Å². The highest BCUT2D eigenvalue weighted by Gasteiger charge is 2.22.